The highest BCUT2D eigenvalue weighted by Crippen LogP contribution is 2.09. The molecule has 0 bridgehead atoms. The Kier molecular flexibility index (Phi) is 7.73. The smallest absolute Gasteiger partial charge is 0.317 e. The van der Waals surface area contributed by atoms with E-state index in [1.807, 2.05) is 24.8 Å². The van der Waals surface area contributed by atoms with Crippen molar-refractivity contribution in [2.45, 2.75) is 26.8 Å². The summed E-state index contributed by atoms with van der Waals surface area (Å²) < 4.78 is 0. The average Bonchev–Trinajstić information content (AvgIpc) is 2.64. The van der Waals surface area contributed by atoms with Crippen molar-refractivity contribution in [2.24, 2.45) is 0 Å². The molecule has 3 amide bonds. The molecule has 6 heteroatoms. The molecule has 0 aromatic heterocycles. The van der Waals surface area contributed by atoms with Gasteiger partial charge in [0.2, 0.25) is 5.91 Å². The van der Waals surface area contributed by atoms with Crippen LogP contribution in [0.25, 0.3) is 0 Å². The van der Waals surface area contributed by atoms with Gasteiger partial charge < -0.3 is 15.1 Å². The molecule has 0 saturated carbocycles. The highest BCUT2D eigenvalue weighted by Gasteiger charge is 2.21. The Labute approximate surface area is 150 Å². The van der Waals surface area contributed by atoms with Gasteiger partial charge in [-0.25, -0.2) is 4.79 Å². The van der Waals surface area contributed by atoms with Crippen molar-refractivity contribution >= 4 is 11.9 Å². The molecule has 1 aliphatic rings. The van der Waals surface area contributed by atoms with Gasteiger partial charge in [-0.1, -0.05) is 30.3 Å². The lowest BCUT2D eigenvalue weighted by atomic mass is 10.2. The third-order valence-electron chi connectivity index (χ3n) is 4.64. The van der Waals surface area contributed by atoms with Crippen LogP contribution >= 0.6 is 0 Å². The molecule has 0 radical (unpaired) electrons. The number of benzene rings is 1. The number of urea groups is 1. The van der Waals surface area contributed by atoms with Gasteiger partial charge in [-0.15, -0.1) is 0 Å². The molecule has 1 saturated heterocycles. The first-order valence-corrected chi connectivity index (χ1v) is 9.20. The minimum absolute atomic E-state index is 0.0921. The molecule has 6 nitrogen and oxygen atoms in total. The molecule has 1 heterocycles. The van der Waals surface area contributed by atoms with Crippen molar-refractivity contribution in [1.29, 1.82) is 0 Å². The first-order chi connectivity index (χ1) is 12.1. The van der Waals surface area contributed by atoms with Gasteiger partial charge in [0.25, 0.3) is 0 Å². The fourth-order valence-corrected chi connectivity index (χ4v) is 3.05. The van der Waals surface area contributed by atoms with Crippen LogP contribution in [0.5, 0.6) is 0 Å². The van der Waals surface area contributed by atoms with Gasteiger partial charge in [-0.2, -0.15) is 0 Å². The number of nitrogens with one attached hydrogen (secondary N) is 1. The Bertz CT molecular complexity index is 538. The van der Waals surface area contributed by atoms with E-state index in [0.717, 1.165) is 32.7 Å². The minimum Gasteiger partial charge on any atom is -0.340 e. The van der Waals surface area contributed by atoms with E-state index in [2.05, 4.69) is 34.5 Å². The maximum absolute atomic E-state index is 12.3. The Hall–Kier alpha value is -2.08. The normalized spacial score (nSPS) is 15.0. The predicted molar refractivity (Wildman–Crippen MR) is 99.2 cm³/mol. The summed E-state index contributed by atoms with van der Waals surface area (Å²) in [5, 5.41) is 2.83. The fraction of sp³-hybridized carbons (Fsp3) is 0.579. The zero-order valence-electron chi connectivity index (χ0n) is 15.4. The van der Waals surface area contributed by atoms with Crippen LogP contribution in [-0.4, -0.2) is 72.5 Å². The summed E-state index contributed by atoms with van der Waals surface area (Å²) in [4.78, 5) is 30.2. The van der Waals surface area contributed by atoms with E-state index in [0.29, 0.717) is 26.1 Å². The summed E-state index contributed by atoms with van der Waals surface area (Å²) in [6, 6.07) is 10.3. The van der Waals surface area contributed by atoms with Crippen molar-refractivity contribution in [1.82, 2.24) is 20.0 Å². The monoisotopic (exact) mass is 346 g/mol. The molecule has 1 aromatic rings. The second-order valence-electron chi connectivity index (χ2n) is 6.30. The molecule has 1 N–H and O–H groups in total. The second-order valence-corrected chi connectivity index (χ2v) is 6.30. The van der Waals surface area contributed by atoms with Gasteiger partial charge in [0.05, 0.1) is 0 Å². The van der Waals surface area contributed by atoms with E-state index in [4.69, 9.17) is 0 Å². The molecule has 0 aliphatic carbocycles. The van der Waals surface area contributed by atoms with E-state index in [1.54, 1.807) is 4.90 Å². The maximum Gasteiger partial charge on any atom is 0.317 e. The molecule has 25 heavy (non-hydrogen) atoms. The standard InChI is InChI=1S/C19H30N4O2/c1-3-22(4-2)19(25)20-11-10-18(24)23-14-12-21(13-15-23)16-17-8-6-5-7-9-17/h5-9H,3-4,10-16H2,1-2H3,(H,20,25). The van der Waals surface area contributed by atoms with Crippen molar-refractivity contribution in [3.05, 3.63) is 35.9 Å². The third-order valence-corrected chi connectivity index (χ3v) is 4.64. The molecule has 1 fully saturated rings. The van der Waals surface area contributed by atoms with Gasteiger partial charge >= 0.3 is 6.03 Å². The largest absolute Gasteiger partial charge is 0.340 e. The Balaban J connectivity index is 1.66. The van der Waals surface area contributed by atoms with Crippen LogP contribution in [0.15, 0.2) is 30.3 Å². The lowest BCUT2D eigenvalue weighted by molar-refractivity contribution is -0.132. The predicted octanol–water partition coefficient (Wildman–Crippen LogP) is 1.77. The number of amides is 3. The van der Waals surface area contributed by atoms with Crippen LogP contribution in [0.3, 0.4) is 0 Å². The summed E-state index contributed by atoms with van der Waals surface area (Å²) in [5.74, 6) is 0.124. The summed E-state index contributed by atoms with van der Waals surface area (Å²) in [6.45, 7) is 9.90. The summed E-state index contributed by atoms with van der Waals surface area (Å²) in [5.41, 5.74) is 1.31. The maximum atomic E-state index is 12.3. The molecular weight excluding hydrogens is 316 g/mol. The topological polar surface area (TPSA) is 55.9 Å². The number of hydrogen-bond donors (Lipinski definition) is 1. The lowest BCUT2D eigenvalue weighted by Crippen LogP contribution is -2.49. The van der Waals surface area contributed by atoms with E-state index in [1.165, 1.54) is 5.56 Å². The van der Waals surface area contributed by atoms with Gasteiger partial charge in [0.1, 0.15) is 0 Å². The van der Waals surface area contributed by atoms with Crippen LogP contribution in [0, 0.1) is 0 Å². The average molecular weight is 346 g/mol. The Morgan fingerprint density at radius 2 is 1.68 bits per heavy atom. The highest BCUT2D eigenvalue weighted by atomic mass is 16.2. The van der Waals surface area contributed by atoms with Crippen LogP contribution < -0.4 is 5.32 Å². The van der Waals surface area contributed by atoms with Crippen LogP contribution in [0.1, 0.15) is 25.8 Å². The molecular formula is C19H30N4O2. The van der Waals surface area contributed by atoms with E-state index >= 15 is 0 Å². The third kappa shape index (κ3) is 6.05. The van der Waals surface area contributed by atoms with Crippen molar-refractivity contribution in [3.8, 4) is 0 Å². The fourth-order valence-electron chi connectivity index (χ4n) is 3.05. The van der Waals surface area contributed by atoms with Crippen molar-refractivity contribution < 1.29 is 9.59 Å². The highest BCUT2D eigenvalue weighted by molar-refractivity contribution is 5.78. The van der Waals surface area contributed by atoms with Crippen LogP contribution in [0.2, 0.25) is 0 Å². The minimum atomic E-state index is -0.0921. The van der Waals surface area contributed by atoms with Gasteiger partial charge in [-0.3, -0.25) is 9.69 Å². The van der Waals surface area contributed by atoms with Gasteiger partial charge in [-0.05, 0) is 19.4 Å². The van der Waals surface area contributed by atoms with E-state index in [9.17, 15) is 9.59 Å². The van der Waals surface area contributed by atoms with Gasteiger partial charge in [0, 0.05) is 58.8 Å². The number of piperazine rings is 1. The first-order valence-electron chi connectivity index (χ1n) is 9.20. The molecule has 1 aliphatic heterocycles. The molecule has 0 unspecified atom stereocenters. The molecule has 1 aromatic carbocycles. The molecule has 0 atom stereocenters. The SMILES string of the molecule is CCN(CC)C(=O)NCCC(=O)N1CCN(Cc2ccccc2)CC1. The quantitative estimate of drug-likeness (QED) is 0.819. The van der Waals surface area contributed by atoms with Crippen molar-refractivity contribution in [2.75, 3.05) is 45.8 Å². The van der Waals surface area contributed by atoms with Crippen LogP contribution in [0.4, 0.5) is 4.79 Å². The van der Waals surface area contributed by atoms with Gasteiger partial charge in [0.15, 0.2) is 0 Å². The molecule has 138 valence electrons. The van der Waals surface area contributed by atoms with E-state index < -0.39 is 0 Å². The summed E-state index contributed by atoms with van der Waals surface area (Å²) in [6.07, 6.45) is 0.367. The first kappa shape index (κ1) is 19.2. The van der Waals surface area contributed by atoms with Crippen molar-refractivity contribution in [3.63, 3.8) is 0 Å². The number of carbonyl (C=O) groups is 2. The zero-order chi connectivity index (χ0) is 18.1. The number of hydrogen-bond acceptors (Lipinski definition) is 3. The van der Waals surface area contributed by atoms with Crippen LogP contribution in [-0.2, 0) is 11.3 Å². The second kappa shape index (κ2) is 10.0. The molecule has 0 spiro atoms. The number of carbonyl (C=O) groups excluding carboxylic acids is 2. The Morgan fingerprint density at radius 3 is 2.28 bits per heavy atom. The number of nitrogens with zero attached hydrogens (tertiary/aromatic N) is 3. The Morgan fingerprint density at radius 1 is 1.04 bits per heavy atom. The zero-order valence-corrected chi connectivity index (χ0v) is 15.4. The molecule has 2 rings (SSSR count). The lowest BCUT2D eigenvalue weighted by Gasteiger charge is -2.35. The summed E-state index contributed by atoms with van der Waals surface area (Å²) in [7, 11) is 0. The summed E-state index contributed by atoms with van der Waals surface area (Å²) >= 11 is 0. The number of rotatable bonds is 7. The van der Waals surface area contributed by atoms with E-state index in [-0.39, 0.29) is 11.9 Å².